The Morgan fingerprint density at radius 3 is 1.42 bits per heavy atom. The number of carbonyl (C=O) groups excluding carboxylic acids is 4. The van der Waals surface area contributed by atoms with Crippen LogP contribution >= 0.6 is 0 Å². The summed E-state index contributed by atoms with van der Waals surface area (Å²) in [5.74, 6) is -3.73. The molecule has 2 aliphatic carbocycles. The number of carboxylic acids is 2. The van der Waals surface area contributed by atoms with Crippen LogP contribution in [0.4, 0.5) is 0 Å². The lowest BCUT2D eigenvalue weighted by atomic mass is 9.84. The van der Waals surface area contributed by atoms with Gasteiger partial charge in [0.2, 0.25) is 11.8 Å². The van der Waals surface area contributed by atoms with Crippen molar-refractivity contribution < 1.29 is 57.9 Å². The monoisotopic (exact) mass is 840 g/mol. The van der Waals surface area contributed by atoms with E-state index in [1.165, 1.54) is 0 Å². The topological polar surface area (TPSA) is 210 Å². The molecule has 6 atom stereocenters. The van der Waals surface area contributed by atoms with Gasteiger partial charge < -0.3 is 39.8 Å². The third-order valence-corrected chi connectivity index (χ3v) is 12.6. The molecule has 0 aromatic carbocycles. The van der Waals surface area contributed by atoms with E-state index in [0.717, 1.165) is 75.4 Å². The molecule has 14 nitrogen and oxygen atoms in total. The quantitative estimate of drug-likeness (QED) is 0.0275. The number of carbonyl (C=O) groups is 6. The van der Waals surface area contributed by atoms with Gasteiger partial charge in [0.15, 0.2) is 0 Å². The summed E-state index contributed by atoms with van der Waals surface area (Å²) >= 11 is 0. The van der Waals surface area contributed by atoms with E-state index in [2.05, 4.69) is 35.9 Å². The van der Waals surface area contributed by atoms with Crippen molar-refractivity contribution in [1.82, 2.24) is 10.6 Å². The van der Waals surface area contributed by atoms with Gasteiger partial charge in [-0.1, -0.05) is 51.0 Å². The number of amides is 2. The van der Waals surface area contributed by atoms with E-state index in [9.17, 15) is 39.0 Å². The van der Waals surface area contributed by atoms with Crippen molar-refractivity contribution in [3.63, 3.8) is 0 Å². The average molecular weight is 841 g/mol. The molecular weight excluding hydrogens is 773 g/mol. The molecule has 2 heterocycles. The van der Waals surface area contributed by atoms with Crippen LogP contribution in [0.2, 0.25) is 0 Å². The Balaban J connectivity index is 0.969. The Hall–Kier alpha value is -4.30. The molecular formula is C46H68N2O12. The minimum absolute atomic E-state index is 0.0166. The van der Waals surface area contributed by atoms with Gasteiger partial charge >= 0.3 is 23.9 Å². The third kappa shape index (κ3) is 16.6. The van der Waals surface area contributed by atoms with Crippen LogP contribution in [0.5, 0.6) is 0 Å². The second kappa shape index (κ2) is 23.6. The number of aliphatic carboxylic acids is 2. The SMILES string of the molecule is C=C(C(=O)O)[C@@H]1CC/C(COC(=O)CCC(=O)NCCCCCCCCNC(=O)CCC(=O)OC/C2=C/CC[C@@]3(C)O[C@H]3C[C@H](C(=C)C(=O)O)CC2)=C\CC[C@@]2(C)O[C@H]2C1. The summed E-state index contributed by atoms with van der Waals surface area (Å²) in [7, 11) is 0. The first kappa shape index (κ1) is 48.4. The standard InChI is InChI=1S/C46H68N2O12/c1-31(43(53)54)35-17-15-33(13-11-23-45(3)37(27-35)59-45)29-57-41(51)21-19-39(49)47-25-9-7-5-6-8-10-26-48-40(50)20-22-42(52)58-30-34-14-12-24-46(4)38(60-46)28-36(18-16-34)32(2)44(55)56/h13-14,35-38H,1-2,5-12,15-30H2,3-4H3,(H,47,49)(H,48,50)(H,53,54)(H,55,56)/b33-13+,34-14+/t35-,36-,37+,38+,45-,46-/m1/s1. The summed E-state index contributed by atoms with van der Waals surface area (Å²) in [5.41, 5.74) is 1.72. The lowest BCUT2D eigenvalue weighted by Crippen LogP contribution is -2.25. The second-order valence-corrected chi connectivity index (χ2v) is 17.4. The van der Waals surface area contributed by atoms with E-state index >= 15 is 0 Å². The third-order valence-electron chi connectivity index (χ3n) is 12.6. The fourth-order valence-electron chi connectivity index (χ4n) is 8.17. The molecule has 2 amide bonds. The van der Waals surface area contributed by atoms with Crippen molar-refractivity contribution in [3.8, 4) is 0 Å². The number of hydrogen-bond donors (Lipinski definition) is 4. The number of epoxide rings is 2. The molecule has 0 radical (unpaired) electrons. The Morgan fingerprint density at radius 2 is 1.03 bits per heavy atom. The maximum absolute atomic E-state index is 12.4. The Bertz CT molecular complexity index is 1520. The van der Waals surface area contributed by atoms with Crippen LogP contribution in [-0.4, -0.2) is 95.6 Å². The summed E-state index contributed by atoms with van der Waals surface area (Å²) < 4.78 is 22.7. The van der Waals surface area contributed by atoms with E-state index in [1.54, 1.807) is 0 Å². The molecule has 2 saturated heterocycles. The lowest BCUT2D eigenvalue weighted by molar-refractivity contribution is -0.144. The van der Waals surface area contributed by atoms with Crippen LogP contribution < -0.4 is 10.6 Å². The maximum Gasteiger partial charge on any atom is 0.331 e. The molecule has 4 aliphatic rings. The number of allylic oxidation sites excluding steroid dienone is 2. The molecule has 334 valence electrons. The van der Waals surface area contributed by atoms with Crippen molar-refractivity contribution >= 4 is 35.7 Å². The van der Waals surface area contributed by atoms with Crippen LogP contribution in [0, 0.1) is 11.8 Å². The molecule has 2 aliphatic heterocycles. The van der Waals surface area contributed by atoms with Crippen molar-refractivity contribution in [2.45, 2.75) is 166 Å². The number of unbranched alkanes of at least 4 members (excludes halogenated alkanes) is 5. The number of ether oxygens (including phenoxy) is 4. The highest BCUT2D eigenvalue weighted by atomic mass is 16.6. The zero-order valence-corrected chi connectivity index (χ0v) is 35.8. The van der Waals surface area contributed by atoms with Crippen molar-refractivity contribution in [3.05, 3.63) is 47.6 Å². The van der Waals surface area contributed by atoms with Gasteiger partial charge in [-0.2, -0.15) is 0 Å². The van der Waals surface area contributed by atoms with Gasteiger partial charge in [-0.25, -0.2) is 9.59 Å². The van der Waals surface area contributed by atoms with E-state index in [1.807, 2.05) is 13.8 Å². The highest BCUT2D eigenvalue weighted by molar-refractivity contribution is 5.87. The van der Waals surface area contributed by atoms with Gasteiger partial charge in [-0.15, -0.1) is 0 Å². The first-order valence-corrected chi connectivity index (χ1v) is 22.0. The van der Waals surface area contributed by atoms with E-state index in [4.69, 9.17) is 18.9 Å². The van der Waals surface area contributed by atoms with Crippen molar-refractivity contribution in [1.29, 1.82) is 0 Å². The summed E-state index contributed by atoms with van der Waals surface area (Å²) in [6.45, 7) is 12.9. The summed E-state index contributed by atoms with van der Waals surface area (Å²) in [6.07, 6.45) is 16.6. The van der Waals surface area contributed by atoms with Crippen LogP contribution in [0.15, 0.2) is 47.6 Å². The molecule has 2 fully saturated rings. The fourth-order valence-corrected chi connectivity index (χ4v) is 8.17. The van der Waals surface area contributed by atoms with Gasteiger partial charge in [-0.05, 0) is 114 Å². The molecule has 0 saturated carbocycles. The summed E-state index contributed by atoms with van der Waals surface area (Å²) in [5, 5.41) is 24.7. The molecule has 4 N–H and O–H groups in total. The van der Waals surface area contributed by atoms with Gasteiger partial charge in [0.25, 0.3) is 0 Å². The van der Waals surface area contributed by atoms with Crippen LogP contribution in [-0.2, 0) is 47.7 Å². The van der Waals surface area contributed by atoms with Gasteiger partial charge in [0, 0.05) is 37.1 Å². The summed E-state index contributed by atoms with van der Waals surface area (Å²) in [6, 6.07) is 0. The minimum Gasteiger partial charge on any atom is -0.478 e. The highest BCUT2D eigenvalue weighted by Crippen LogP contribution is 2.47. The lowest BCUT2D eigenvalue weighted by Gasteiger charge is -2.19. The summed E-state index contributed by atoms with van der Waals surface area (Å²) in [4.78, 5) is 72.6. The number of carboxylic acid groups (broad SMARTS) is 2. The molecule has 60 heavy (non-hydrogen) atoms. The fraction of sp³-hybridized carbons (Fsp3) is 0.696. The highest BCUT2D eigenvalue weighted by Gasteiger charge is 2.53. The first-order chi connectivity index (χ1) is 28.6. The molecule has 14 heteroatoms. The molecule has 0 unspecified atom stereocenters. The van der Waals surface area contributed by atoms with Crippen LogP contribution in [0.25, 0.3) is 0 Å². The molecule has 0 aromatic heterocycles. The van der Waals surface area contributed by atoms with Gasteiger partial charge in [0.05, 0.1) is 36.3 Å². The Kier molecular flexibility index (Phi) is 19.0. The molecule has 0 aromatic rings. The van der Waals surface area contributed by atoms with Crippen molar-refractivity contribution in [2.75, 3.05) is 26.3 Å². The van der Waals surface area contributed by atoms with Crippen molar-refractivity contribution in [2.24, 2.45) is 11.8 Å². The van der Waals surface area contributed by atoms with E-state index in [0.29, 0.717) is 51.6 Å². The molecule has 0 bridgehead atoms. The predicted molar refractivity (Wildman–Crippen MR) is 224 cm³/mol. The molecule has 0 spiro atoms. The Labute approximate surface area is 354 Å². The zero-order chi connectivity index (χ0) is 43.7. The van der Waals surface area contributed by atoms with Gasteiger partial charge in [0.1, 0.15) is 13.2 Å². The second-order valence-electron chi connectivity index (χ2n) is 17.4. The first-order valence-electron chi connectivity index (χ1n) is 22.0. The van der Waals surface area contributed by atoms with Crippen LogP contribution in [0.1, 0.15) is 142 Å². The average Bonchev–Trinajstić information content (AvgIpc) is 4.08. The van der Waals surface area contributed by atoms with Gasteiger partial charge in [-0.3, -0.25) is 19.2 Å². The Morgan fingerprint density at radius 1 is 0.650 bits per heavy atom. The predicted octanol–water partition coefficient (Wildman–Crippen LogP) is 6.82. The molecule has 4 rings (SSSR count). The number of rotatable bonds is 23. The number of nitrogens with one attached hydrogen (secondary N) is 2. The van der Waals surface area contributed by atoms with E-state index in [-0.39, 0.29) is 97.1 Å². The largest absolute Gasteiger partial charge is 0.478 e. The zero-order valence-electron chi connectivity index (χ0n) is 35.8. The normalized spacial score (nSPS) is 28.0. The van der Waals surface area contributed by atoms with Crippen LogP contribution in [0.3, 0.4) is 0 Å². The maximum atomic E-state index is 12.4. The number of esters is 2. The smallest absolute Gasteiger partial charge is 0.331 e. The number of fused-ring (bicyclic) bond motifs is 2. The van der Waals surface area contributed by atoms with E-state index < -0.39 is 23.9 Å². The minimum atomic E-state index is -1.00. The number of hydrogen-bond acceptors (Lipinski definition) is 10.